The third-order valence-electron chi connectivity index (χ3n) is 4.73. The summed E-state index contributed by atoms with van der Waals surface area (Å²) >= 11 is 0. The van der Waals surface area contributed by atoms with Crippen molar-refractivity contribution in [3.05, 3.63) is 59.9 Å². The van der Waals surface area contributed by atoms with Crippen LogP contribution in [0.15, 0.2) is 48.7 Å². The highest BCUT2D eigenvalue weighted by Gasteiger charge is 2.18. The maximum Gasteiger partial charge on any atom is 0.272 e. The molecular weight excluding hydrogens is 298 g/mol. The Kier molecular flexibility index (Phi) is 5.14. The molecule has 0 aliphatic carbocycles. The third kappa shape index (κ3) is 3.94. The molecule has 0 unspecified atom stereocenters. The van der Waals surface area contributed by atoms with Gasteiger partial charge in [0.15, 0.2) is 0 Å². The Labute approximate surface area is 144 Å². The maximum atomic E-state index is 12.5. The molecule has 126 valence electrons. The molecule has 0 atom stereocenters. The van der Waals surface area contributed by atoms with Crippen molar-refractivity contribution in [2.75, 3.05) is 25.0 Å². The lowest BCUT2D eigenvalue weighted by Gasteiger charge is -2.31. The van der Waals surface area contributed by atoms with E-state index in [1.54, 1.807) is 4.90 Å². The van der Waals surface area contributed by atoms with Gasteiger partial charge in [0, 0.05) is 26.7 Å². The second-order valence-electron chi connectivity index (χ2n) is 6.72. The van der Waals surface area contributed by atoms with E-state index in [1.165, 1.54) is 12.8 Å². The zero-order valence-corrected chi connectivity index (χ0v) is 14.5. The van der Waals surface area contributed by atoms with E-state index in [0.717, 1.165) is 30.3 Å². The van der Waals surface area contributed by atoms with Gasteiger partial charge in [0.1, 0.15) is 5.69 Å². The van der Waals surface area contributed by atoms with Crippen LogP contribution >= 0.6 is 0 Å². The van der Waals surface area contributed by atoms with Crippen LogP contribution in [0.2, 0.25) is 0 Å². The summed E-state index contributed by atoms with van der Waals surface area (Å²) in [5.41, 5.74) is 2.74. The predicted molar refractivity (Wildman–Crippen MR) is 97.1 cm³/mol. The van der Waals surface area contributed by atoms with Gasteiger partial charge in [0.05, 0.1) is 11.9 Å². The second kappa shape index (κ2) is 7.47. The normalized spacial score (nSPS) is 15.3. The van der Waals surface area contributed by atoms with Crippen LogP contribution in [0.4, 0.5) is 5.69 Å². The van der Waals surface area contributed by atoms with E-state index in [0.29, 0.717) is 12.2 Å². The first-order valence-electron chi connectivity index (χ1n) is 8.64. The molecule has 1 aliphatic rings. The first-order chi connectivity index (χ1) is 11.6. The predicted octanol–water partition coefficient (Wildman–Crippen LogP) is 3.59. The highest BCUT2D eigenvalue weighted by molar-refractivity contribution is 5.92. The Morgan fingerprint density at radius 1 is 1.17 bits per heavy atom. The number of hydrogen-bond donors (Lipinski definition) is 0. The zero-order valence-electron chi connectivity index (χ0n) is 14.5. The van der Waals surface area contributed by atoms with Gasteiger partial charge in [-0.2, -0.15) is 0 Å². The monoisotopic (exact) mass is 323 g/mol. The summed E-state index contributed by atoms with van der Waals surface area (Å²) in [6.07, 6.45) is 4.28. The van der Waals surface area contributed by atoms with Gasteiger partial charge in [0.25, 0.3) is 5.91 Å². The van der Waals surface area contributed by atoms with Crippen molar-refractivity contribution >= 4 is 11.6 Å². The number of amides is 1. The molecule has 2 heterocycles. The minimum atomic E-state index is -0.0438. The average Bonchev–Trinajstić information content (AvgIpc) is 2.63. The highest BCUT2D eigenvalue weighted by Crippen LogP contribution is 2.22. The standard InChI is InChI=1S/C20H25N3O/c1-16-10-12-23(13-11-16)18-8-9-19(21-14-18)20(24)22(2)15-17-6-4-3-5-7-17/h3-9,14,16H,10-13,15H2,1-2H3. The molecule has 24 heavy (non-hydrogen) atoms. The van der Waals surface area contributed by atoms with Crippen molar-refractivity contribution in [1.82, 2.24) is 9.88 Å². The Balaban J connectivity index is 1.63. The van der Waals surface area contributed by atoms with Crippen molar-refractivity contribution in [3.8, 4) is 0 Å². The summed E-state index contributed by atoms with van der Waals surface area (Å²) in [6.45, 7) is 5.04. The smallest absolute Gasteiger partial charge is 0.272 e. The van der Waals surface area contributed by atoms with Crippen LogP contribution in [-0.4, -0.2) is 35.9 Å². The Bertz CT molecular complexity index is 661. The van der Waals surface area contributed by atoms with Gasteiger partial charge in [-0.1, -0.05) is 37.3 Å². The van der Waals surface area contributed by atoms with Gasteiger partial charge in [-0.25, -0.2) is 4.98 Å². The quantitative estimate of drug-likeness (QED) is 0.863. The molecular formula is C20H25N3O. The van der Waals surface area contributed by atoms with Crippen LogP contribution < -0.4 is 4.90 Å². The third-order valence-corrected chi connectivity index (χ3v) is 4.73. The number of pyridine rings is 1. The first kappa shape index (κ1) is 16.5. The van der Waals surface area contributed by atoms with Crippen LogP contribution in [0.5, 0.6) is 0 Å². The molecule has 0 radical (unpaired) electrons. The minimum Gasteiger partial charge on any atom is -0.370 e. The molecule has 0 saturated carbocycles. The summed E-state index contributed by atoms with van der Waals surface area (Å²) in [5, 5.41) is 0. The van der Waals surface area contributed by atoms with Crippen LogP contribution in [0.25, 0.3) is 0 Å². The maximum absolute atomic E-state index is 12.5. The molecule has 1 aromatic heterocycles. The van der Waals surface area contributed by atoms with Gasteiger partial charge in [-0.3, -0.25) is 4.79 Å². The number of carbonyl (C=O) groups is 1. The topological polar surface area (TPSA) is 36.4 Å². The second-order valence-corrected chi connectivity index (χ2v) is 6.72. The summed E-state index contributed by atoms with van der Waals surface area (Å²) < 4.78 is 0. The van der Waals surface area contributed by atoms with E-state index in [1.807, 2.05) is 55.7 Å². The lowest BCUT2D eigenvalue weighted by atomic mass is 9.99. The fourth-order valence-corrected chi connectivity index (χ4v) is 3.09. The molecule has 1 saturated heterocycles. The van der Waals surface area contributed by atoms with Crippen molar-refractivity contribution in [3.63, 3.8) is 0 Å². The summed E-state index contributed by atoms with van der Waals surface area (Å²) in [5.74, 6) is 0.763. The van der Waals surface area contributed by atoms with Gasteiger partial charge in [0.2, 0.25) is 0 Å². The zero-order chi connectivity index (χ0) is 16.9. The molecule has 4 heteroatoms. The van der Waals surface area contributed by atoms with Crippen molar-refractivity contribution in [1.29, 1.82) is 0 Å². The van der Waals surface area contributed by atoms with Crippen LogP contribution in [0.1, 0.15) is 35.8 Å². The van der Waals surface area contributed by atoms with Crippen LogP contribution in [0.3, 0.4) is 0 Å². The van der Waals surface area contributed by atoms with Crippen LogP contribution in [-0.2, 0) is 6.54 Å². The van der Waals surface area contributed by atoms with Gasteiger partial charge < -0.3 is 9.80 Å². The molecule has 2 aromatic rings. The number of aromatic nitrogens is 1. The summed E-state index contributed by atoms with van der Waals surface area (Å²) in [7, 11) is 1.82. The van der Waals surface area contributed by atoms with E-state index in [9.17, 15) is 4.79 Å². The Morgan fingerprint density at radius 2 is 1.88 bits per heavy atom. The van der Waals surface area contributed by atoms with E-state index in [-0.39, 0.29) is 5.91 Å². The van der Waals surface area contributed by atoms with E-state index in [4.69, 9.17) is 0 Å². The number of anilines is 1. The number of piperidine rings is 1. The van der Waals surface area contributed by atoms with Crippen LogP contribution in [0, 0.1) is 5.92 Å². The molecule has 1 aliphatic heterocycles. The van der Waals surface area contributed by atoms with Crippen molar-refractivity contribution < 1.29 is 4.79 Å². The number of benzene rings is 1. The lowest BCUT2D eigenvalue weighted by molar-refractivity contribution is 0.0779. The SMILES string of the molecule is CC1CCN(c2ccc(C(=O)N(C)Cc3ccccc3)nc2)CC1. The molecule has 3 rings (SSSR count). The number of rotatable bonds is 4. The molecule has 0 bridgehead atoms. The van der Waals surface area contributed by atoms with Crippen molar-refractivity contribution in [2.45, 2.75) is 26.3 Å². The van der Waals surface area contributed by atoms with E-state index >= 15 is 0 Å². The summed E-state index contributed by atoms with van der Waals surface area (Å²) in [4.78, 5) is 21.0. The van der Waals surface area contributed by atoms with Gasteiger partial charge in [-0.05, 0) is 36.5 Å². The molecule has 1 fully saturated rings. The van der Waals surface area contributed by atoms with Gasteiger partial charge >= 0.3 is 0 Å². The van der Waals surface area contributed by atoms with E-state index < -0.39 is 0 Å². The minimum absolute atomic E-state index is 0.0438. The Morgan fingerprint density at radius 3 is 2.50 bits per heavy atom. The molecule has 1 aromatic carbocycles. The molecule has 1 amide bonds. The van der Waals surface area contributed by atoms with E-state index in [2.05, 4.69) is 16.8 Å². The highest BCUT2D eigenvalue weighted by atomic mass is 16.2. The number of nitrogens with zero attached hydrogens (tertiary/aromatic N) is 3. The Hall–Kier alpha value is -2.36. The first-order valence-corrected chi connectivity index (χ1v) is 8.64. The molecule has 0 spiro atoms. The fourth-order valence-electron chi connectivity index (χ4n) is 3.09. The number of hydrogen-bond acceptors (Lipinski definition) is 3. The van der Waals surface area contributed by atoms with Gasteiger partial charge in [-0.15, -0.1) is 0 Å². The largest absolute Gasteiger partial charge is 0.370 e. The van der Waals surface area contributed by atoms with Crippen molar-refractivity contribution in [2.24, 2.45) is 5.92 Å². The number of carbonyl (C=O) groups excluding carboxylic acids is 1. The average molecular weight is 323 g/mol. The fraction of sp³-hybridized carbons (Fsp3) is 0.400. The molecule has 0 N–H and O–H groups in total. The lowest BCUT2D eigenvalue weighted by Crippen LogP contribution is -2.33. The summed E-state index contributed by atoms with van der Waals surface area (Å²) in [6, 6.07) is 13.9. The molecule has 4 nitrogen and oxygen atoms in total.